The molecule has 1 aromatic rings. The molecule has 1 N–H and O–H groups in total. The van der Waals surface area contributed by atoms with Crippen LogP contribution < -0.4 is 5.32 Å². The molecule has 1 unspecified atom stereocenters. The number of rotatable bonds is 3. The molecule has 1 heterocycles. The van der Waals surface area contributed by atoms with Crippen LogP contribution in [0.15, 0.2) is 18.2 Å². The molecule has 1 fully saturated rings. The van der Waals surface area contributed by atoms with Crippen LogP contribution in [0.25, 0.3) is 0 Å². The van der Waals surface area contributed by atoms with Crippen LogP contribution >= 0.6 is 23.2 Å². The third-order valence-electron chi connectivity index (χ3n) is 3.63. The quantitative estimate of drug-likeness (QED) is 0.921. The Balaban J connectivity index is 2.13. The molecule has 1 aliphatic rings. The van der Waals surface area contributed by atoms with Crippen LogP contribution in [0.3, 0.4) is 0 Å². The second-order valence-electron chi connectivity index (χ2n) is 5.18. The van der Waals surface area contributed by atoms with E-state index >= 15 is 0 Å². The Kier molecular flexibility index (Phi) is 4.31. The van der Waals surface area contributed by atoms with Gasteiger partial charge in [-0.25, -0.2) is 0 Å². The van der Waals surface area contributed by atoms with Gasteiger partial charge in [0.25, 0.3) is 0 Å². The Bertz CT molecular complexity index is 453. The van der Waals surface area contributed by atoms with E-state index in [2.05, 4.69) is 5.32 Å². The van der Waals surface area contributed by atoms with E-state index < -0.39 is 0 Å². The van der Waals surface area contributed by atoms with E-state index in [0.29, 0.717) is 16.5 Å². The lowest BCUT2D eigenvalue weighted by atomic mass is 9.77. The fourth-order valence-electron chi connectivity index (χ4n) is 2.36. The third-order valence-corrected chi connectivity index (χ3v) is 4.23. The highest BCUT2D eigenvalue weighted by molar-refractivity contribution is 6.33. The standard InChI is InChI=1S/C14H17Cl2NO/c1-14(5-2-6-17-9-14)13(18)8-10-7-11(15)3-4-12(10)16/h3-4,7,17H,2,5-6,8-9H2,1H3. The van der Waals surface area contributed by atoms with Crippen molar-refractivity contribution in [3.05, 3.63) is 33.8 Å². The van der Waals surface area contributed by atoms with Gasteiger partial charge in [-0.1, -0.05) is 30.1 Å². The molecule has 4 heteroatoms. The number of nitrogens with one attached hydrogen (secondary N) is 1. The molecule has 0 spiro atoms. The zero-order valence-electron chi connectivity index (χ0n) is 10.4. The van der Waals surface area contributed by atoms with Crippen LogP contribution in [-0.2, 0) is 11.2 Å². The van der Waals surface area contributed by atoms with Crippen LogP contribution in [0, 0.1) is 5.41 Å². The van der Waals surface area contributed by atoms with Gasteiger partial charge in [0.1, 0.15) is 5.78 Å². The Morgan fingerprint density at radius 2 is 2.22 bits per heavy atom. The molecule has 98 valence electrons. The number of Topliss-reactive ketones (excluding diaryl/α,β-unsaturated/α-hetero) is 1. The van der Waals surface area contributed by atoms with Gasteiger partial charge in [0.15, 0.2) is 0 Å². The number of halogens is 2. The first-order valence-electron chi connectivity index (χ1n) is 6.19. The molecule has 1 aliphatic heterocycles. The topological polar surface area (TPSA) is 29.1 Å². The van der Waals surface area contributed by atoms with Gasteiger partial charge in [0.2, 0.25) is 0 Å². The summed E-state index contributed by atoms with van der Waals surface area (Å²) in [5.41, 5.74) is 0.546. The highest BCUT2D eigenvalue weighted by Crippen LogP contribution is 2.30. The molecule has 1 aromatic carbocycles. The summed E-state index contributed by atoms with van der Waals surface area (Å²) in [6.07, 6.45) is 2.35. The predicted molar refractivity (Wildman–Crippen MR) is 75.4 cm³/mol. The van der Waals surface area contributed by atoms with Crippen LogP contribution in [0.2, 0.25) is 10.0 Å². The van der Waals surface area contributed by atoms with Crippen molar-refractivity contribution in [2.45, 2.75) is 26.2 Å². The van der Waals surface area contributed by atoms with Gasteiger partial charge in [-0.05, 0) is 43.1 Å². The Morgan fingerprint density at radius 3 is 2.89 bits per heavy atom. The van der Waals surface area contributed by atoms with Gasteiger partial charge in [-0.3, -0.25) is 4.79 Å². The van der Waals surface area contributed by atoms with Gasteiger partial charge in [-0.2, -0.15) is 0 Å². The molecule has 1 atom stereocenters. The summed E-state index contributed by atoms with van der Waals surface area (Å²) >= 11 is 12.0. The van der Waals surface area contributed by atoms with E-state index in [0.717, 1.165) is 31.5 Å². The molecule has 18 heavy (non-hydrogen) atoms. The Labute approximate surface area is 118 Å². The lowest BCUT2D eigenvalue weighted by molar-refractivity contribution is -0.128. The maximum Gasteiger partial charge on any atom is 0.144 e. The van der Waals surface area contributed by atoms with Gasteiger partial charge in [-0.15, -0.1) is 0 Å². The van der Waals surface area contributed by atoms with Gasteiger partial charge in [0, 0.05) is 28.4 Å². The van der Waals surface area contributed by atoms with Gasteiger partial charge < -0.3 is 5.32 Å². The first kappa shape index (κ1) is 13.9. The lowest BCUT2D eigenvalue weighted by Gasteiger charge is -2.32. The van der Waals surface area contributed by atoms with E-state index in [1.54, 1.807) is 18.2 Å². The van der Waals surface area contributed by atoms with Crippen molar-refractivity contribution in [2.75, 3.05) is 13.1 Å². The molecule has 0 radical (unpaired) electrons. The number of hydrogen-bond donors (Lipinski definition) is 1. The third kappa shape index (κ3) is 3.05. The van der Waals surface area contributed by atoms with E-state index in [1.807, 2.05) is 6.92 Å². The lowest BCUT2D eigenvalue weighted by Crippen LogP contribution is -2.44. The van der Waals surface area contributed by atoms with Crippen molar-refractivity contribution < 1.29 is 4.79 Å². The van der Waals surface area contributed by atoms with Crippen molar-refractivity contribution in [1.82, 2.24) is 5.32 Å². The van der Waals surface area contributed by atoms with E-state index in [9.17, 15) is 4.79 Å². The maximum atomic E-state index is 12.4. The average Bonchev–Trinajstić information content (AvgIpc) is 2.35. The summed E-state index contributed by atoms with van der Waals surface area (Å²) in [4.78, 5) is 12.4. The van der Waals surface area contributed by atoms with Crippen LogP contribution in [0.4, 0.5) is 0 Å². The van der Waals surface area contributed by atoms with Gasteiger partial charge in [0.05, 0.1) is 0 Å². The summed E-state index contributed by atoms with van der Waals surface area (Å²) in [6.45, 7) is 3.78. The molecule has 0 bridgehead atoms. The zero-order chi connectivity index (χ0) is 13.2. The largest absolute Gasteiger partial charge is 0.316 e. The molecule has 0 aliphatic carbocycles. The molecule has 0 amide bonds. The van der Waals surface area contributed by atoms with Crippen molar-refractivity contribution in [2.24, 2.45) is 5.41 Å². The number of ketones is 1. The van der Waals surface area contributed by atoms with Crippen molar-refractivity contribution in [1.29, 1.82) is 0 Å². The van der Waals surface area contributed by atoms with Crippen molar-refractivity contribution >= 4 is 29.0 Å². The Morgan fingerprint density at radius 1 is 1.44 bits per heavy atom. The van der Waals surface area contributed by atoms with Crippen LogP contribution in [0.5, 0.6) is 0 Å². The minimum atomic E-state index is -0.274. The maximum absolute atomic E-state index is 12.4. The van der Waals surface area contributed by atoms with Crippen LogP contribution in [0.1, 0.15) is 25.3 Å². The van der Waals surface area contributed by atoms with Crippen molar-refractivity contribution in [3.63, 3.8) is 0 Å². The average molecular weight is 286 g/mol. The first-order valence-corrected chi connectivity index (χ1v) is 6.95. The van der Waals surface area contributed by atoms with E-state index in [1.165, 1.54) is 0 Å². The smallest absolute Gasteiger partial charge is 0.144 e. The molecule has 2 nitrogen and oxygen atoms in total. The number of hydrogen-bond acceptors (Lipinski definition) is 2. The molecule has 1 saturated heterocycles. The van der Waals surface area contributed by atoms with Crippen molar-refractivity contribution in [3.8, 4) is 0 Å². The summed E-state index contributed by atoms with van der Waals surface area (Å²) in [7, 11) is 0. The molecular weight excluding hydrogens is 269 g/mol. The SMILES string of the molecule is CC1(C(=O)Cc2cc(Cl)ccc2Cl)CCCNC1. The fraction of sp³-hybridized carbons (Fsp3) is 0.500. The summed E-state index contributed by atoms with van der Waals surface area (Å²) in [5, 5.41) is 4.52. The summed E-state index contributed by atoms with van der Waals surface area (Å²) in [5.74, 6) is 0.235. The zero-order valence-corrected chi connectivity index (χ0v) is 11.9. The minimum absolute atomic E-state index is 0.235. The highest BCUT2D eigenvalue weighted by atomic mass is 35.5. The molecule has 0 aromatic heterocycles. The summed E-state index contributed by atoms with van der Waals surface area (Å²) in [6, 6.07) is 5.26. The first-order chi connectivity index (χ1) is 8.51. The van der Waals surface area contributed by atoms with E-state index in [-0.39, 0.29) is 11.2 Å². The number of carbonyl (C=O) groups is 1. The van der Waals surface area contributed by atoms with Crippen LogP contribution in [-0.4, -0.2) is 18.9 Å². The van der Waals surface area contributed by atoms with Gasteiger partial charge >= 0.3 is 0 Å². The number of benzene rings is 1. The van der Waals surface area contributed by atoms with E-state index in [4.69, 9.17) is 23.2 Å². The second kappa shape index (κ2) is 5.60. The fourth-order valence-corrected chi connectivity index (χ4v) is 2.74. The molecule has 0 saturated carbocycles. The monoisotopic (exact) mass is 285 g/mol. The second-order valence-corrected chi connectivity index (χ2v) is 6.02. The Hall–Kier alpha value is -0.570. The predicted octanol–water partition coefficient (Wildman–Crippen LogP) is 3.49. The minimum Gasteiger partial charge on any atom is -0.316 e. The number of carbonyl (C=O) groups excluding carboxylic acids is 1. The summed E-state index contributed by atoms with van der Waals surface area (Å²) < 4.78 is 0. The highest BCUT2D eigenvalue weighted by Gasteiger charge is 2.34. The molecule has 2 rings (SSSR count). The normalized spacial score (nSPS) is 23.9. The molecular formula is C14H17Cl2NO. The number of piperidine rings is 1.